The van der Waals surface area contributed by atoms with Gasteiger partial charge in [0.1, 0.15) is 6.04 Å². The fraction of sp³-hybridized carbons (Fsp3) is 0.429. The zero-order chi connectivity index (χ0) is 13.3. The van der Waals surface area contributed by atoms with Gasteiger partial charge in [-0.25, -0.2) is 0 Å². The van der Waals surface area contributed by atoms with Crippen molar-refractivity contribution in [2.24, 2.45) is 5.92 Å². The van der Waals surface area contributed by atoms with Gasteiger partial charge in [0.2, 0.25) is 0 Å². The highest BCUT2D eigenvalue weighted by Gasteiger charge is 2.36. The number of aryl methyl sites for hydroxylation is 1. The average Bonchev–Trinajstić information content (AvgIpc) is 2.53. The summed E-state index contributed by atoms with van der Waals surface area (Å²) >= 11 is 5.27. The van der Waals surface area contributed by atoms with Crippen LogP contribution in [0.4, 0.5) is 5.69 Å². The zero-order valence-corrected chi connectivity index (χ0v) is 11.8. The number of nitrogens with one attached hydrogen (secondary N) is 1. The molecule has 1 N–H and O–H groups in total. The van der Waals surface area contributed by atoms with E-state index in [9.17, 15) is 4.79 Å². The summed E-state index contributed by atoms with van der Waals surface area (Å²) in [6, 6.07) is 7.65. The fourth-order valence-corrected chi connectivity index (χ4v) is 2.51. The largest absolute Gasteiger partial charge is 0.350 e. The number of hydrogen-bond acceptors (Lipinski definition) is 2. The number of amides is 1. The van der Waals surface area contributed by atoms with E-state index < -0.39 is 0 Å². The van der Waals surface area contributed by atoms with E-state index in [1.54, 1.807) is 4.90 Å². The molecule has 0 aliphatic carbocycles. The zero-order valence-electron chi connectivity index (χ0n) is 10.9. The maximum atomic E-state index is 12.3. The maximum absolute atomic E-state index is 12.3. The van der Waals surface area contributed by atoms with Gasteiger partial charge in [0, 0.05) is 0 Å². The van der Waals surface area contributed by atoms with Crippen LogP contribution in [0.2, 0.25) is 0 Å². The summed E-state index contributed by atoms with van der Waals surface area (Å²) in [5.41, 5.74) is 1.97. The summed E-state index contributed by atoms with van der Waals surface area (Å²) in [5, 5.41) is 3.62. The van der Waals surface area contributed by atoms with Crippen molar-refractivity contribution in [1.82, 2.24) is 5.32 Å². The number of thiocarbonyl (C=S) groups is 1. The van der Waals surface area contributed by atoms with Gasteiger partial charge >= 0.3 is 0 Å². The quantitative estimate of drug-likeness (QED) is 0.850. The third kappa shape index (κ3) is 2.53. The van der Waals surface area contributed by atoms with Gasteiger partial charge in [0.25, 0.3) is 5.91 Å². The van der Waals surface area contributed by atoms with E-state index in [-0.39, 0.29) is 11.9 Å². The molecule has 1 atom stereocenters. The molecule has 0 unspecified atom stereocenters. The molecule has 1 aromatic rings. The van der Waals surface area contributed by atoms with Crippen LogP contribution in [-0.4, -0.2) is 17.1 Å². The standard InChI is InChI=1S/C14H18N2OS/c1-9(2)7-12-13(17)16(14(18)15-12)11-6-4-5-10(3)8-11/h4-6,8-9,12H,7H2,1-3H3,(H,15,18)/t12-/m0/s1. The van der Waals surface area contributed by atoms with Crippen LogP contribution in [-0.2, 0) is 4.79 Å². The van der Waals surface area contributed by atoms with Crippen molar-refractivity contribution in [2.45, 2.75) is 33.2 Å². The Morgan fingerprint density at radius 1 is 1.44 bits per heavy atom. The summed E-state index contributed by atoms with van der Waals surface area (Å²) in [7, 11) is 0. The number of anilines is 1. The van der Waals surface area contributed by atoms with Gasteiger partial charge in [0.05, 0.1) is 5.69 Å². The van der Waals surface area contributed by atoms with Gasteiger partial charge in [-0.15, -0.1) is 0 Å². The minimum atomic E-state index is -0.182. The van der Waals surface area contributed by atoms with Crippen LogP contribution in [0.25, 0.3) is 0 Å². The van der Waals surface area contributed by atoms with E-state index in [2.05, 4.69) is 19.2 Å². The number of carbonyl (C=O) groups is 1. The van der Waals surface area contributed by atoms with Crippen LogP contribution in [0.1, 0.15) is 25.8 Å². The molecule has 1 aliphatic heterocycles. The number of nitrogens with zero attached hydrogens (tertiary/aromatic N) is 1. The first-order valence-electron chi connectivity index (χ1n) is 6.20. The van der Waals surface area contributed by atoms with E-state index in [1.165, 1.54) is 0 Å². The molecule has 1 aromatic carbocycles. The highest BCUT2D eigenvalue weighted by atomic mass is 32.1. The van der Waals surface area contributed by atoms with E-state index in [1.807, 2.05) is 31.2 Å². The van der Waals surface area contributed by atoms with Crippen molar-refractivity contribution in [3.05, 3.63) is 29.8 Å². The first kappa shape index (κ1) is 13.0. The molecule has 0 radical (unpaired) electrons. The Labute approximate surface area is 113 Å². The Morgan fingerprint density at radius 2 is 2.17 bits per heavy atom. The molecule has 0 aromatic heterocycles. The average molecular weight is 262 g/mol. The molecule has 4 heteroatoms. The van der Waals surface area contributed by atoms with Crippen LogP contribution < -0.4 is 10.2 Å². The first-order valence-corrected chi connectivity index (χ1v) is 6.61. The number of hydrogen-bond donors (Lipinski definition) is 1. The molecule has 0 saturated carbocycles. The Balaban J connectivity index is 2.24. The fourth-order valence-electron chi connectivity index (χ4n) is 2.17. The monoisotopic (exact) mass is 262 g/mol. The minimum absolute atomic E-state index is 0.0549. The molecule has 0 spiro atoms. The summed E-state index contributed by atoms with van der Waals surface area (Å²) in [6.45, 7) is 6.22. The Morgan fingerprint density at radius 3 is 2.78 bits per heavy atom. The Hall–Kier alpha value is -1.42. The number of rotatable bonds is 3. The van der Waals surface area contributed by atoms with E-state index >= 15 is 0 Å². The summed E-state index contributed by atoms with van der Waals surface area (Å²) in [5.74, 6) is 0.519. The third-order valence-electron chi connectivity index (χ3n) is 2.99. The van der Waals surface area contributed by atoms with Gasteiger partial charge in [0.15, 0.2) is 5.11 Å². The smallest absolute Gasteiger partial charge is 0.255 e. The van der Waals surface area contributed by atoms with Crippen LogP contribution in [0.3, 0.4) is 0 Å². The predicted octanol–water partition coefficient (Wildman–Crippen LogP) is 2.63. The highest BCUT2D eigenvalue weighted by Crippen LogP contribution is 2.23. The second-order valence-corrected chi connectivity index (χ2v) is 5.53. The molecule has 1 aliphatic rings. The van der Waals surface area contributed by atoms with Gasteiger partial charge in [-0.2, -0.15) is 0 Å². The van der Waals surface area contributed by atoms with Crippen LogP contribution in [0, 0.1) is 12.8 Å². The highest BCUT2D eigenvalue weighted by molar-refractivity contribution is 7.80. The molecule has 0 bridgehead atoms. The van der Waals surface area contributed by atoms with Crippen LogP contribution in [0.15, 0.2) is 24.3 Å². The molecule has 18 heavy (non-hydrogen) atoms. The maximum Gasteiger partial charge on any atom is 0.255 e. The lowest BCUT2D eigenvalue weighted by Crippen LogP contribution is -2.31. The molecule has 1 fully saturated rings. The lowest BCUT2D eigenvalue weighted by atomic mass is 10.0. The van der Waals surface area contributed by atoms with Crippen LogP contribution >= 0.6 is 12.2 Å². The Bertz CT molecular complexity index is 484. The van der Waals surface area contributed by atoms with Crippen LogP contribution in [0.5, 0.6) is 0 Å². The molecule has 3 nitrogen and oxygen atoms in total. The second kappa shape index (κ2) is 5.06. The molecule has 1 heterocycles. The third-order valence-corrected chi connectivity index (χ3v) is 3.29. The second-order valence-electron chi connectivity index (χ2n) is 5.14. The molecule has 96 valence electrons. The first-order chi connectivity index (χ1) is 8.49. The van der Waals surface area contributed by atoms with E-state index in [0.717, 1.165) is 17.7 Å². The Kier molecular flexibility index (Phi) is 3.66. The molecular formula is C14H18N2OS. The summed E-state index contributed by atoms with van der Waals surface area (Å²) in [4.78, 5) is 13.9. The van der Waals surface area contributed by atoms with E-state index in [0.29, 0.717) is 11.0 Å². The van der Waals surface area contributed by atoms with Crippen molar-refractivity contribution in [3.63, 3.8) is 0 Å². The van der Waals surface area contributed by atoms with Crippen molar-refractivity contribution < 1.29 is 4.79 Å². The SMILES string of the molecule is Cc1cccc(N2C(=O)[C@H](CC(C)C)NC2=S)c1. The molecule has 1 amide bonds. The van der Waals surface area contributed by atoms with Crippen molar-refractivity contribution in [1.29, 1.82) is 0 Å². The number of carbonyl (C=O) groups excluding carboxylic acids is 1. The topological polar surface area (TPSA) is 32.3 Å². The summed E-state index contributed by atoms with van der Waals surface area (Å²) in [6.07, 6.45) is 0.807. The van der Waals surface area contributed by atoms with Crippen molar-refractivity contribution >= 4 is 28.9 Å². The molecule has 1 saturated heterocycles. The van der Waals surface area contributed by atoms with Crippen molar-refractivity contribution in [2.75, 3.05) is 4.90 Å². The molecular weight excluding hydrogens is 244 g/mol. The van der Waals surface area contributed by atoms with Crippen molar-refractivity contribution in [3.8, 4) is 0 Å². The van der Waals surface area contributed by atoms with Gasteiger partial charge in [-0.3, -0.25) is 9.69 Å². The normalized spacial score (nSPS) is 19.6. The van der Waals surface area contributed by atoms with Gasteiger partial charge in [-0.1, -0.05) is 26.0 Å². The van der Waals surface area contributed by atoms with E-state index in [4.69, 9.17) is 12.2 Å². The minimum Gasteiger partial charge on any atom is -0.350 e. The van der Waals surface area contributed by atoms with Gasteiger partial charge < -0.3 is 5.32 Å². The number of benzene rings is 1. The predicted molar refractivity (Wildman–Crippen MR) is 77.6 cm³/mol. The lowest BCUT2D eigenvalue weighted by Gasteiger charge is -2.15. The summed E-state index contributed by atoms with van der Waals surface area (Å²) < 4.78 is 0. The molecule has 2 rings (SSSR count). The lowest BCUT2D eigenvalue weighted by molar-refractivity contribution is -0.118. The van der Waals surface area contributed by atoms with Gasteiger partial charge in [-0.05, 0) is 49.2 Å².